The van der Waals surface area contributed by atoms with E-state index >= 15 is 0 Å². The molecular formula is C63H118O5. The molecule has 0 heterocycles. The van der Waals surface area contributed by atoms with Gasteiger partial charge in [0.15, 0.2) is 6.10 Å². The summed E-state index contributed by atoms with van der Waals surface area (Å²) in [6.45, 7) is 7.85. The minimum atomic E-state index is -0.541. The van der Waals surface area contributed by atoms with Gasteiger partial charge in [0.25, 0.3) is 0 Å². The molecule has 68 heavy (non-hydrogen) atoms. The molecule has 0 N–H and O–H groups in total. The molecule has 5 nitrogen and oxygen atoms in total. The van der Waals surface area contributed by atoms with Gasteiger partial charge in [-0.25, -0.2) is 0 Å². The Balaban J connectivity index is 4.23. The van der Waals surface area contributed by atoms with Crippen LogP contribution < -0.4 is 0 Å². The van der Waals surface area contributed by atoms with Crippen LogP contribution in [0.5, 0.6) is 0 Å². The molecule has 0 aromatic rings. The number of unbranched alkanes of at least 4 members (excludes halogenated alkanes) is 40. The van der Waals surface area contributed by atoms with E-state index in [9.17, 15) is 9.59 Å². The molecule has 0 spiro atoms. The summed E-state index contributed by atoms with van der Waals surface area (Å²) in [6, 6.07) is 0. The van der Waals surface area contributed by atoms with Crippen LogP contribution in [0.2, 0.25) is 0 Å². The average Bonchev–Trinajstić information content (AvgIpc) is 3.34. The van der Waals surface area contributed by atoms with Gasteiger partial charge in [-0.3, -0.25) is 9.59 Å². The van der Waals surface area contributed by atoms with Crippen LogP contribution in [0, 0.1) is 0 Å². The van der Waals surface area contributed by atoms with Crippen LogP contribution >= 0.6 is 0 Å². The van der Waals surface area contributed by atoms with Crippen LogP contribution in [0.4, 0.5) is 0 Å². The fraction of sp³-hybridized carbons (Fsp3) is 0.873. The van der Waals surface area contributed by atoms with Gasteiger partial charge in [0.2, 0.25) is 0 Å². The Morgan fingerprint density at radius 2 is 0.618 bits per heavy atom. The molecule has 0 aromatic carbocycles. The zero-order valence-corrected chi connectivity index (χ0v) is 46.1. The summed E-state index contributed by atoms with van der Waals surface area (Å²) < 4.78 is 17.5. The fourth-order valence-corrected chi connectivity index (χ4v) is 9.07. The topological polar surface area (TPSA) is 61.8 Å². The second-order valence-electron chi connectivity index (χ2n) is 20.6. The Labute approximate surface area is 425 Å². The normalized spacial score (nSPS) is 12.3. The molecule has 0 saturated heterocycles. The number of hydrogen-bond donors (Lipinski definition) is 0. The molecule has 0 fully saturated rings. The molecule has 0 saturated carbocycles. The highest BCUT2D eigenvalue weighted by Gasteiger charge is 2.17. The summed E-state index contributed by atoms with van der Waals surface area (Å²) in [5.41, 5.74) is 0. The molecule has 0 aliphatic rings. The van der Waals surface area contributed by atoms with Crippen molar-refractivity contribution in [1.29, 1.82) is 0 Å². The van der Waals surface area contributed by atoms with Gasteiger partial charge in [-0.2, -0.15) is 0 Å². The standard InChI is InChI=1S/C63H118O5/c1-4-7-10-13-16-19-22-25-28-30-32-33-36-38-41-44-47-50-53-56-62(64)67-60-61(68-63(65)57-54-51-48-45-42-39-35-27-24-21-18-15-12-9-6-3)59-66-58-55-52-49-46-43-40-37-34-31-29-26-23-20-17-14-11-8-5-2/h18,21,25,27-28,35,61H,4-17,19-20,22-24,26,29-34,36-60H2,1-3H3/b21-18-,28-25-,35-27-. The SMILES string of the molecule is CCCCC/C=C\C/C=C\CCCCCCCC(=O)OC(COCCCCCCCCCCCCCCCCCCCC)COC(=O)CCCCCCCCCCC/C=C\CCCCCCCC. The summed E-state index contributed by atoms with van der Waals surface area (Å²) in [6.07, 6.45) is 73.1. The molecule has 0 amide bonds. The van der Waals surface area contributed by atoms with Crippen LogP contribution in [0.3, 0.4) is 0 Å². The van der Waals surface area contributed by atoms with Gasteiger partial charge < -0.3 is 14.2 Å². The van der Waals surface area contributed by atoms with Crippen LogP contribution in [-0.2, 0) is 23.8 Å². The van der Waals surface area contributed by atoms with E-state index in [1.165, 1.54) is 244 Å². The van der Waals surface area contributed by atoms with E-state index in [1.807, 2.05) is 0 Å². The van der Waals surface area contributed by atoms with E-state index in [-0.39, 0.29) is 25.2 Å². The molecule has 0 bridgehead atoms. The quantitative estimate of drug-likeness (QED) is 0.0345. The highest BCUT2D eigenvalue weighted by molar-refractivity contribution is 5.70. The van der Waals surface area contributed by atoms with Crippen LogP contribution in [0.15, 0.2) is 36.5 Å². The highest BCUT2D eigenvalue weighted by atomic mass is 16.6. The lowest BCUT2D eigenvalue weighted by atomic mass is 10.0. The van der Waals surface area contributed by atoms with Gasteiger partial charge >= 0.3 is 11.9 Å². The Morgan fingerprint density at radius 1 is 0.324 bits per heavy atom. The Hall–Kier alpha value is -1.88. The van der Waals surface area contributed by atoms with Gasteiger partial charge in [-0.15, -0.1) is 0 Å². The van der Waals surface area contributed by atoms with E-state index in [1.54, 1.807) is 0 Å². The third-order valence-electron chi connectivity index (χ3n) is 13.6. The van der Waals surface area contributed by atoms with Crippen molar-refractivity contribution in [1.82, 2.24) is 0 Å². The summed E-state index contributed by atoms with van der Waals surface area (Å²) in [5, 5.41) is 0. The maximum absolute atomic E-state index is 12.9. The molecule has 0 rings (SSSR count). The van der Waals surface area contributed by atoms with E-state index in [0.717, 1.165) is 51.4 Å². The number of carbonyl (C=O) groups is 2. The maximum atomic E-state index is 12.9. The molecule has 0 aliphatic heterocycles. The number of carbonyl (C=O) groups excluding carboxylic acids is 2. The molecule has 400 valence electrons. The molecular weight excluding hydrogens is 837 g/mol. The fourth-order valence-electron chi connectivity index (χ4n) is 9.07. The first-order valence-electron chi connectivity index (χ1n) is 30.5. The zero-order chi connectivity index (χ0) is 49.2. The number of esters is 2. The van der Waals surface area contributed by atoms with Crippen molar-refractivity contribution in [2.75, 3.05) is 19.8 Å². The lowest BCUT2D eigenvalue weighted by Gasteiger charge is -2.18. The lowest BCUT2D eigenvalue weighted by Crippen LogP contribution is -2.30. The van der Waals surface area contributed by atoms with E-state index in [0.29, 0.717) is 19.4 Å². The average molecular weight is 956 g/mol. The van der Waals surface area contributed by atoms with Crippen molar-refractivity contribution in [3.63, 3.8) is 0 Å². The van der Waals surface area contributed by atoms with Gasteiger partial charge in [0, 0.05) is 19.4 Å². The van der Waals surface area contributed by atoms with E-state index in [4.69, 9.17) is 14.2 Å². The molecule has 1 atom stereocenters. The van der Waals surface area contributed by atoms with Gasteiger partial charge in [-0.05, 0) is 77.0 Å². The predicted octanol–water partition coefficient (Wildman–Crippen LogP) is 20.9. The monoisotopic (exact) mass is 955 g/mol. The number of rotatable bonds is 57. The smallest absolute Gasteiger partial charge is 0.306 e. The summed E-state index contributed by atoms with van der Waals surface area (Å²) in [7, 11) is 0. The third-order valence-corrected chi connectivity index (χ3v) is 13.6. The first-order valence-corrected chi connectivity index (χ1v) is 30.5. The summed E-state index contributed by atoms with van der Waals surface area (Å²) in [5.74, 6) is -0.395. The van der Waals surface area contributed by atoms with Crippen LogP contribution in [0.1, 0.15) is 329 Å². The first kappa shape index (κ1) is 66.1. The number of allylic oxidation sites excluding steroid dienone is 6. The third kappa shape index (κ3) is 56.7. The van der Waals surface area contributed by atoms with E-state index in [2.05, 4.69) is 57.2 Å². The zero-order valence-electron chi connectivity index (χ0n) is 46.1. The largest absolute Gasteiger partial charge is 0.462 e. The number of hydrogen-bond acceptors (Lipinski definition) is 5. The van der Waals surface area contributed by atoms with Crippen molar-refractivity contribution >= 4 is 11.9 Å². The minimum absolute atomic E-state index is 0.0841. The summed E-state index contributed by atoms with van der Waals surface area (Å²) in [4.78, 5) is 25.6. The molecule has 1 unspecified atom stereocenters. The lowest BCUT2D eigenvalue weighted by molar-refractivity contribution is -0.163. The van der Waals surface area contributed by atoms with Crippen molar-refractivity contribution < 1.29 is 23.8 Å². The molecule has 0 radical (unpaired) electrons. The second-order valence-corrected chi connectivity index (χ2v) is 20.6. The second kappa shape index (κ2) is 59.4. The molecule has 5 heteroatoms. The van der Waals surface area contributed by atoms with Gasteiger partial charge in [0.1, 0.15) is 6.61 Å². The molecule has 0 aromatic heterocycles. The number of ether oxygens (including phenoxy) is 3. The van der Waals surface area contributed by atoms with Crippen molar-refractivity contribution in [2.24, 2.45) is 0 Å². The minimum Gasteiger partial charge on any atom is -0.462 e. The maximum Gasteiger partial charge on any atom is 0.306 e. The van der Waals surface area contributed by atoms with E-state index < -0.39 is 6.10 Å². The summed E-state index contributed by atoms with van der Waals surface area (Å²) >= 11 is 0. The molecule has 0 aliphatic carbocycles. The Morgan fingerprint density at radius 3 is 1.01 bits per heavy atom. The Bertz CT molecular complexity index is 1080. The van der Waals surface area contributed by atoms with Crippen molar-refractivity contribution in [3.8, 4) is 0 Å². The van der Waals surface area contributed by atoms with Crippen molar-refractivity contribution in [2.45, 2.75) is 335 Å². The Kier molecular flexibility index (Phi) is 57.8. The van der Waals surface area contributed by atoms with Crippen LogP contribution in [0.25, 0.3) is 0 Å². The van der Waals surface area contributed by atoms with Crippen molar-refractivity contribution in [3.05, 3.63) is 36.5 Å². The van der Waals surface area contributed by atoms with Gasteiger partial charge in [0.05, 0.1) is 6.61 Å². The first-order chi connectivity index (χ1) is 33.6. The predicted molar refractivity (Wildman–Crippen MR) is 298 cm³/mol. The van der Waals surface area contributed by atoms with Crippen LogP contribution in [-0.4, -0.2) is 37.9 Å². The highest BCUT2D eigenvalue weighted by Crippen LogP contribution is 2.17. The van der Waals surface area contributed by atoms with Gasteiger partial charge in [-0.1, -0.05) is 276 Å².